The summed E-state index contributed by atoms with van der Waals surface area (Å²) in [6, 6.07) is 0. The van der Waals surface area contributed by atoms with E-state index in [9.17, 15) is 14.4 Å². The molecule has 0 saturated carbocycles. The van der Waals surface area contributed by atoms with Gasteiger partial charge in [-0.05, 0) is 122 Å². The molecule has 0 radical (unpaired) electrons. The zero-order chi connectivity index (χ0) is 52.2. The smallest absolute Gasteiger partial charge is 0.309 e. The largest absolute Gasteiger partial charge is 0.462 e. The molecule has 0 N–H and O–H groups in total. The Balaban J connectivity index is 4.59. The van der Waals surface area contributed by atoms with Crippen LogP contribution in [0.1, 0.15) is 233 Å². The Morgan fingerprint density at radius 1 is 0.306 bits per heavy atom. The number of unbranched alkanes of at least 4 members (excludes halogenated alkanes) is 16. The van der Waals surface area contributed by atoms with Gasteiger partial charge in [0.15, 0.2) is 6.10 Å². The van der Waals surface area contributed by atoms with E-state index in [4.69, 9.17) is 14.2 Å². The van der Waals surface area contributed by atoms with Gasteiger partial charge in [-0.3, -0.25) is 14.4 Å². The molecule has 1 unspecified atom stereocenters. The zero-order valence-corrected chi connectivity index (χ0v) is 46.1. The molecule has 0 amide bonds. The van der Waals surface area contributed by atoms with Gasteiger partial charge in [0.2, 0.25) is 0 Å². The summed E-state index contributed by atoms with van der Waals surface area (Å²) in [5.41, 5.74) is 0. The predicted octanol–water partition coefficient (Wildman–Crippen LogP) is 19.6. The van der Waals surface area contributed by atoms with Gasteiger partial charge >= 0.3 is 17.9 Å². The van der Waals surface area contributed by atoms with E-state index >= 15 is 0 Å². The number of ether oxygens (including phenoxy) is 3. The minimum Gasteiger partial charge on any atom is -0.462 e. The average Bonchev–Trinajstić information content (AvgIpc) is 3.38. The van der Waals surface area contributed by atoms with Crippen molar-refractivity contribution in [3.8, 4) is 0 Å². The van der Waals surface area contributed by atoms with Crippen LogP contribution in [-0.2, 0) is 28.6 Å². The van der Waals surface area contributed by atoms with Gasteiger partial charge in [0.25, 0.3) is 0 Å². The van der Waals surface area contributed by atoms with Gasteiger partial charge in [-0.25, -0.2) is 0 Å². The predicted molar refractivity (Wildman–Crippen MR) is 311 cm³/mol. The molecule has 0 saturated heterocycles. The highest BCUT2D eigenvalue weighted by molar-refractivity contribution is 5.72. The van der Waals surface area contributed by atoms with Crippen LogP contribution in [0.2, 0.25) is 0 Å². The normalized spacial score (nSPS) is 13.2. The van der Waals surface area contributed by atoms with Crippen molar-refractivity contribution in [1.29, 1.82) is 0 Å². The van der Waals surface area contributed by atoms with Crippen molar-refractivity contribution < 1.29 is 28.6 Å². The molecule has 0 fully saturated rings. The number of carbonyl (C=O) groups excluding carboxylic acids is 3. The fraction of sp³-hybridized carbons (Fsp3) is 0.591. The Kier molecular flexibility index (Phi) is 55.0. The first-order valence-corrected chi connectivity index (χ1v) is 28.8. The van der Waals surface area contributed by atoms with Gasteiger partial charge in [0, 0.05) is 12.8 Å². The Morgan fingerprint density at radius 3 is 1.01 bits per heavy atom. The summed E-state index contributed by atoms with van der Waals surface area (Å²) in [4.78, 5) is 38.1. The van der Waals surface area contributed by atoms with Gasteiger partial charge in [-0.2, -0.15) is 0 Å². The minimum atomic E-state index is -0.845. The molecular formula is C66H104O6. The molecule has 0 aliphatic rings. The molecule has 0 bridgehead atoms. The summed E-state index contributed by atoms with van der Waals surface area (Å²) < 4.78 is 16.7. The van der Waals surface area contributed by atoms with Crippen LogP contribution in [0, 0.1) is 0 Å². The number of esters is 3. The van der Waals surface area contributed by atoms with Crippen LogP contribution in [0.4, 0.5) is 0 Å². The van der Waals surface area contributed by atoms with Crippen LogP contribution >= 0.6 is 0 Å². The monoisotopic (exact) mass is 993 g/mol. The standard InChI is InChI=1S/C66H104O6/c1-4-7-10-13-16-19-22-25-28-30-32-33-34-36-38-41-44-47-50-53-56-59-65(68)71-62-63(61-70-64(67)58-55-52-49-46-43-40-37-27-24-21-18-15-12-9-6-3)72-66(69)60-57-54-51-48-45-42-39-35-31-29-26-23-20-17-14-11-8-5-2/h7,9-10,12,16,18-19,21,25,27-29,31-33,36-38,43-44,46-47,52,55,63H,4-6,8,11,13-15,17,20,22-24,26,30,34-35,39-42,45,48-51,53-54,56-62H2,1-3H3/b10-7-,12-9-,19-16-,21-18-,28-25-,31-29-,33-32-,37-27-,38-36-,46-43-,47-44-,55-52-. The number of hydrogen-bond donors (Lipinski definition) is 0. The number of allylic oxidation sites excluding steroid dienone is 23. The summed E-state index contributed by atoms with van der Waals surface area (Å²) in [5, 5.41) is 0. The molecule has 0 aliphatic carbocycles. The molecule has 72 heavy (non-hydrogen) atoms. The van der Waals surface area contributed by atoms with Crippen LogP contribution in [0.25, 0.3) is 0 Å². The van der Waals surface area contributed by atoms with Crippen LogP contribution < -0.4 is 0 Å². The third-order valence-electron chi connectivity index (χ3n) is 11.6. The minimum absolute atomic E-state index is 0.112. The number of carbonyl (C=O) groups is 3. The van der Waals surface area contributed by atoms with Gasteiger partial charge in [-0.1, -0.05) is 237 Å². The highest BCUT2D eigenvalue weighted by Gasteiger charge is 2.19. The molecule has 0 aromatic carbocycles. The summed E-state index contributed by atoms with van der Waals surface area (Å²) in [6.07, 6.45) is 84.4. The number of hydrogen-bond acceptors (Lipinski definition) is 6. The van der Waals surface area contributed by atoms with E-state index in [1.165, 1.54) is 83.5 Å². The second-order valence-electron chi connectivity index (χ2n) is 18.4. The van der Waals surface area contributed by atoms with Crippen molar-refractivity contribution >= 4 is 17.9 Å². The van der Waals surface area contributed by atoms with Crippen molar-refractivity contribution in [2.45, 2.75) is 239 Å². The highest BCUT2D eigenvalue weighted by Crippen LogP contribution is 2.13. The lowest BCUT2D eigenvalue weighted by Crippen LogP contribution is -2.30. The summed E-state index contributed by atoms with van der Waals surface area (Å²) in [5.74, 6) is -1.12. The van der Waals surface area contributed by atoms with Crippen molar-refractivity contribution in [2.75, 3.05) is 13.2 Å². The SMILES string of the molecule is CC/C=C\C/C=C\C/C=C\C/C=C\C/C=C\C/C=C\CCCCC(=O)OCC(COC(=O)C/C=C\C/C=C\C/C=C\C/C=C\C/C=C\CC)OC(=O)CCCCCCCCC/C=C\CCCCCCCCC. The highest BCUT2D eigenvalue weighted by atomic mass is 16.6. The van der Waals surface area contributed by atoms with E-state index in [0.29, 0.717) is 6.42 Å². The summed E-state index contributed by atoms with van der Waals surface area (Å²) >= 11 is 0. The third-order valence-corrected chi connectivity index (χ3v) is 11.6. The Labute approximate surface area is 442 Å². The van der Waals surface area contributed by atoms with E-state index in [2.05, 4.69) is 154 Å². The molecule has 0 heterocycles. The molecule has 0 aromatic heterocycles. The Hall–Kier alpha value is -4.71. The van der Waals surface area contributed by atoms with Crippen LogP contribution in [0.3, 0.4) is 0 Å². The molecule has 6 nitrogen and oxygen atoms in total. The van der Waals surface area contributed by atoms with Crippen molar-refractivity contribution in [1.82, 2.24) is 0 Å². The lowest BCUT2D eigenvalue weighted by molar-refractivity contribution is -0.166. The van der Waals surface area contributed by atoms with Crippen LogP contribution in [-0.4, -0.2) is 37.2 Å². The molecule has 1 atom stereocenters. The maximum absolute atomic E-state index is 12.9. The average molecular weight is 994 g/mol. The van der Waals surface area contributed by atoms with Crippen LogP contribution in [0.15, 0.2) is 146 Å². The van der Waals surface area contributed by atoms with E-state index in [-0.39, 0.29) is 44.4 Å². The van der Waals surface area contributed by atoms with Crippen LogP contribution in [0.5, 0.6) is 0 Å². The molecular weight excluding hydrogens is 889 g/mol. The third kappa shape index (κ3) is 56.2. The van der Waals surface area contributed by atoms with Crippen molar-refractivity contribution in [3.63, 3.8) is 0 Å². The first kappa shape index (κ1) is 67.3. The van der Waals surface area contributed by atoms with E-state index in [0.717, 1.165) is 103 Å². The van der Waals surface area contributed by atoms with Gasteiger partial charge < -0.3 is 14.2 Å². The maximum atomic E-state index is 12.9. The molecule has 0 spiro atoms. The number of rotatable bonds is 50. The molecule has 0 rings (SSSR count). The van der Waals surface area contributed by atoms with Gasteiger partial charge in [-0.15, -0.1) is 0 Å². The molecule has 6 heteroatoms. The lowest BCUT2D eigenvalue weighted by atomic mass is 10.1. The van der Waals surface area contributed by atoms with E-state index < -0.39 is 12.1 Å². The van der Waals surface area contributed by atoms with Gasteiger partial charge in [0.05, 0.1) is 6.42 Å². The first-order valence-electron chi connectivity index (χ1n) is 28.8. The van der Waals surface area contributed by atoms with E-state index in [1.54, 1.807) is 6.08 Å². The van der Waals surface area contributed by atoms with E-state index in [1.807, 2.05) is 6.08 Å². The topological polar surface area (TPSA) is 78.9 Å². The van der Waals surface area contributed by atoms with Crippen molar-refractivity contribution in [2.24, 2.45) is 0 Å². The zero-order valence-electron chi connectivity index (χ0n) is 46.1. The first-order chi connectivity index (χ1) is 35.5. The maximum Gasteiger partial charge on any atom is 0.309 e. The Morgan fingerprint density at radius 2 is 0.597 bits per heavy atom. The summed E-state index contributed by atoms with van der Waals surface area (Å²) in [7, 11) is 0. The van der Waals surface area contributed by atoms with Gasteiger partial charge in [0.1, 0.15) is 13.2 Å². The fourth-order valence-corrected chi connectivity index (χ4v) is 7.34. The van der Waals surface area contributed by atoms with Crippen molar-refractivity contribution in [3.05, 3.63) is 146 Å². The molecule has 0 aliphatic heterocycles. The fourth-order valence-electron chi connectivity index (χ4n) is 7.34. The molecule has 0 aromatic rings. The second-order valence-corrected chi connectivity index (χ2v) is 18.4. The quantitative estimate of drug-likeness (QED) is 0.0261. The summed E-state index contributed by atoms with van der Waals surface area (Å²) in [6.45, 7) is 6.27. The lowest BCUT2D eigenvalue weighted by Gasteiger charge is -2.18. The Bertz CT molecular complexity index is 1610. The molecule has 404 valence electrons. The second kappa shape index (κ2) is 58.9.